The minimum Gasteiger partial charge on any atom is -0.299 e. The first-order valence-corrected chi connectivity index (χ1v) is 9.29. The SMILES string of the molecule is CC1CCC(=O)[C@H]([C@@H](CC(=O)c2ccccc2)c2ccc(Cl)cc2)C1. The predicted octanol–water partition coefficient (Wildman–Crippen LogP) is 5.70. The van der Waals surface area contributed by atoms with Crippen LogP contribution in [0, 0.1) is 11.8 Å². The largest absolute Gasteiger partial charge is 0.299 e. The van der Waals surface area contributed by atoms with Gasteiger partial charge in [-0.25, -0.2) is 0 Å². The fraction of sp³-hybridized carbons (Fsp3) is 0.364. The molecule has 0 heterocycles. The Morgan fingerprint density at radius 3 is 2.48 bits per heavy atom. The van der Waals surface area contributed by atoms with Gasteiger partial charge in [0.05, 0.1) is 0 Å². The van der Waals surface area contributed by atoms with E-state index in [2.05, 4.69) is 6.92 Å². The molecule has 0 aliphatic heterocycles. The third-order valence-electron chi connectivity index (χ3n) is 5.24. The van der Waals surface area contributed by atoms with Gasteiger partial charge in [0.15, 0.2) is 5.78 Å². The second kappa shape index (κ2) is 7.97. The molecule has 1 aliphatic carbocycles. The molecule has 1 fully saturated rings. The van der Waals surface area contributed by atoms with Crippen molar-refractivity contribution in [1.29, 1.82) is 0 Å². The summed E-state index contributed by atoms with van der Waals surface area (Å²) in [5, 5.41) is 0.667. The number of rotatable bonds is 5. The van der Waals surface area contributed by atoms with Crippen LogP contribution in [0.5, 0.6) is 0 Å². The van der Waals surface area contributed by atoms with Gasteiger partial charge in [-0.3, -0.25) is 9.59 Å². The van der Waals surface area contributed by atoms with E-state index in [1.54, 1.807) is 0 Å². The molecule has 0 spiro atoms. The second-order valence-corrected chi connectivity index (χ2v) is 7.54. The molecule has 3 atom stereocenters. The molecule has 1 unspecified atom stereocenters. The fourth-order valence-electron chi connectivity index (χ4n) is 3.79. The summed E-state index contributed by atoms with van der Waals surface area (Å²) < 4.78 is 0. The normalized spacial score (nSPS) is 21.8. The van der Waals surface area contributed by atoms with Gasteiger partial charge in [-0.1, -0.05) is 61.0 Å². The molecule has 3 heteroatoms. The van der Waals surface area contributed by atoms with E-state index in [4.69, 9.17) is 11.6 Å². The van der Waals surface area contributed by atoms with Gasteiger partial charge in [-0.05, 0) is 36.5 Å². The first kappa shape index (κ1) is 17.9. The third-order valence-corrected chi connectivity index (χ3v) is 5.49. The zero-order valence-electron chi connectivity index (χ0n) is 14.5. The van der Waals surface area contributed by atoms with Crippen molar-refractivity contribution in [2.45, 2.75) is 38.5 Å². The summed E-state index contributed by atoms with van der Waals surface area (Å²) in [6, 6.07) is 16.9. The van der Waals surface area contributed by atoms with Gasteiger partial charge >= 0.3 is 0 Å². The van der Waals surface area contributed by atoms with E-state index in [0.29, 0.717) is 35.1 Å². The molecule has 0 bridgehead atoms. The quantitative estimate of drug-likeness (QED) is 0.645. The number of benzene rings is 2. The standard InChI is InChI=1S/C22H23ClO2/c1-15-7-12-21(24)20(13-15)19(16-8-10-18(23)11-9-16)14-22(25)17-5-3-2-4-6-17/h2-6,8-11,15,19-20H,7,12-14H2,1H3/t15?,19-,20-/m0/s1. The lowest BCUT2D eigenvalue weighted by Gasteiger charge is -2.32. The Kier molecular flexibility index (Phi) is 5.70. The molecular weight excluding hydrogens is 332 g/mol. The van der Waals surface area contributed by atoms with E-state index >= 15 is 0 Å². The van der Waals surface area contributed by atoms with Crippen LogP contribution in [0.1, 0.15) is 54.4 Å². The lowest BCUT2D eigenvalue weighted by atomic mass is 9.70. The van der Waals surface area contributed by atoms with E-state index in [1.807, 2.05) is 54.6 Å². The molecule has 2 nitrogen and oxygen atoms in total. The van der Waals surface area contributed by atoms with Crippen LogP contribution in [0.3, 0.4) is 0 Å². The smallest absolute Gasteiger partial charge is 0.163 e. The van der Waals surface area contributed by atoms with Crippen molar-refractivity contribution < 1.29 is 9.59 Å². The molecule has 2 aromatic rings. The first-order chi connectivity index (χ1) is 12.0. The maximum atomic E-state index is 12.8. The lowest BCUT2D eigenvalue weighted by Crippen LogP contribution is -2.30. The van der Waals surface area contributed by atoms with E-state index in [-0.39, 0.29) is 17.6 Å². The second-order valence-electron chi connectivity index (χ2n) is 7.10. The predicted molar refractivity (Wildman–Crippen MR) is 101 cm³/mol. The topological polar surface area (TPSA) is 34.1 Å². The molecule has 1 saturated carbocycles. The van der Waals surface area contributed by atoms with E-state index in [1.165, 1.54) is 0 Å². The summed E-state index contributed by atoms with van der Waals surface area (Å²) in [6.07, 6.45) is 2.79. The van der Waals surface area contributed by atoms with Gasteiger partial charge in [0.2, 0.25) is 0 Å². The summed E-state index contributed by atoms with van der Waals surface area (Å²) in [5.74, 6) is 0.729. The van der Waals surface area contributed by atoms with Crippen LogP contribution in [-0.2, 0) is 4.79 Å². The highest BCUT2D eigenvalue weighted by atomic mass is 35.5. The Morgan fingerprint density at radius 2 is 1.80 bits per heavy atom. The Labute approximate surface area is 154 Å². The van der Waals surface area contributed by atoms with Gasteiger partial charge in [0.1, 0.15) is 5.78 Å². The van der Waals surface area contributed by atoms with Crippen molar-refractivity contribution in [2.75, 3.05) is 0 Å². The maximum Gasteiger partial charge on any atom is 0.163 e. The van der Waals surface area contributed by atoms with Gasteiger partial charge in [-0.15, -0.1) is 0 Å². The van der Waals surface area contributed by atoms with Crippen LogP contribution < -0.4 is 0 Å². The highest BCUT2D eigenvalue weighted by Gasteiger charge is 2.35. The molecule has 130 valence electrons. The molecule has 1 aliphatic rings. The minimum atomic E-state index is -0.0856. The van der Waals surface area contributed by atoms with Crippen molar-refractivity contribution in [3.63, 3.8) is 0 Å². The van der Waals surface area contributed by atoms with Crippen molar-refractivity contribution >= 4 is 23.2 Å². The maximum absolute atomic E-state index is 12.8. The summed E-state index contributed by atoms with van der Waals surface area (Å²) >= 11 is 6.02. The van der Waals surface area contributed by atoms with Crippen molar-refractivity contribution in [3.05, 3.63) is 70.7 Å². The molecular formula is C22H23ClO2. The Morgan fingerprint density at radius 1 is 1.12 bits per heavy atom. The number of hydrogen-bond donors (Lipinski definition) is 0. The average Bonchev–Trinajstić information content (AvgIpc) is 2.63. The fourth-order valence-corrected chi connectivity index (χ4v) is 3.92. The van der Waals surface area contributed by atoms with Crippen LogP contribution >= 0.6 is 11.6 Å². The number of halogens is 1. The molecule has 0 N–H and O–H groups in total. The van der Waals surface area contributed by atoms with Crippen LogP contribution in [0.15, 0.2) is 54.6 Å². The monoisotopic (exact) mass is 354 g/mol. The zero-order chi connectivity index (χ0) is 17.8. The third kappa shape index (κ3) is 4.38. The Bertz CT molecular complexity index is 736. The van der Waals surface area contributed by atoms with Crippen molar-refractivity contribution in [2.24, 2.45) is 11.8 Å². The van der Waals surface area contributed by atoms with E-state index in [0.717, 1.165) is 18.4 Å². The minimum absolute atomic E-state index is 0.0831. The molecule has 0 radical (unpaired) electrons. The summed E-state index contributed by atoms with van der Waals surface area (Å²) in [4.78, 5) is 25.4. The molecule has 0 aromatic heterocycles. The van der Waals surface area contributed by atoms with Gasteiger partial charge in [-0.2, -0.15) is 0 Å². The lowest BCUT2D eigenvalue weighted by molar-refractivity contribution is -0.126. The number of Topliss-reactive ketones (excluding diaryl/α,β-unsaturated/α-hetero) is 2. The average molecular weight is 355 g/mol. The first-order valence-electron chi connectivity index (χ1n) is 8.91. The van der Waals surface area contributed by atoms with E-state index in [9.17, 15) is 9.59 Å². The highest BCUT2D eigenvalue weighted by Crippen LogP contribution is 2.39. The number of carbonyl (C=O) groups excluding carboxylic acids is 2. The summed E-state index contributed by atoms with van der Waals surface area (Å²) in [7, 11) is 0. The van der Waals surface area contributed by atoms with Crippen LogP contribution in [-0.4, -0.2) is 11.6 Å². The van der Waals surface area contributed by atoms with Crippen molar-refractivity contribution in [1.82, 2.24) is 0 Å². The highest BCUT2D eigenvalue weighted by molar-refractivity contribution is 6.30. The molecule has 0 saturated heterocycles. The zero-order valence-corrected chi connectivity index (χ0v) is 15.2. The summed E-state index contributed by atoms with van der Waals surface area (Å²) in [6.45, 7) is 2.19. The van der Waals surface area contributed by atoms with Crippen LogP contribution in [0.2, 0.25) is 5.02 Å². The van der Waals surface area contributed by atoms with Gasteiger partial charge < -0.3 is 0 Å². The summed E-state index contributed by atoms with van der Waals surface area (Å²) in [5.41, 5.74) is 1.74. The van der Waals surface area contributed by atoms with Crippen LogP contribution in [0.4, 0.5) is 0 Å². The van der Waals surface area contributed by atoms with Gasteiger partial charge in [0, 0.05) is 35.3 Å². The number of ketones is 2. The number of carbonyl (C=O) groups is 2. The number of hydrogen-bond acceptors (Lipinski definition) is 2. The molecule has 25 heavy (non-hydrogen) atoms. The van der Waals surface area contributed by atoms with Gasteiger partial charge in [0.25, 0.3) is 0 Å². The molecule has 2 aromatic carbocycles. The van der Waals surface area contributed by atoms with E-state index < -0.39 is 0 Å². The Hall–Kier alpha value is -1.93. The van der Waals surface area contributed by atoms with Crippen molar-refractivity contribution in [3.8, 4) is 0 Å². The Balaban J connectivity index is 1.90. The molecule has 3 rings (SSSR count). The molecule has 0 amide bonds. The van der Waals surface area contributed by atoms with Crippen LogP contribution in [0.25, 0.3) is 0 Å².